The van der Waals surface area contributed by atoms with Gasteiger partial charge >= 0.3 is 5.97 Å². The van der Waals surface area contributed by atoms with Crippen molar-refractivity contribution in [1.29, 1.82) is 0 Å². The van der Waals surface area contributed by atoms with Crippen molar-refractivity contribution in [3.05, 3.63) is 109 Å². The summed E-state index contributed by atoms with van der Waals surface area (Å²) in [6.45, 7) is 0. The number of halogens is 1. The number of amides is 1. The van der Waals surface area contributed by atoms with E-state index in [1.165, 1.54) is 30.5 Å². The van der Waals surface area contributed by atoms with E-state index in [1.54, 1.807) is 24.3 Å². The van der Waals surface area contributed by atoms with E-state index in [0.29, 0.717) is 16.1 Å². The predicted octanol–water partition coefficient (Wildman–Crippen LogP) is 4.14. The summed E-state index contributed by atoms with van der Waals surface area (Å²) >= 11 is 5.78. The molecular formula is C21H13ClN4O7. The normalized spacial score (nSPS) is 10.6. The molecule has 3 rings (SSSR count). The number of rotatable bonds is 7. The zero-order chi connectivity index (χ0) is 24.0. The third-order valence-electron chi connectivity index (χ3n) is 4.16. The lowest BCUT2D eigenvalue weighted by molar-refractivity contribution is -0.394. The van der Waals surface area contributed by atoms with Gasteiger partial charge in [0.25, 0.3) is 17.3 Å². The minimum atomic E-state index is -1.05. The first-order valence-corrected chi connectivity index (χ1v) is 9.46. The maximum atomic E-state index is 12.5. The number of nitro groups is 2. The zero-order valence-electron chi connectivity index (χ0n) is 16.5. The van der Waals surface area contributed by atoms with Crippen LogP contribution in [0.5, 0.6) is 5.75 Å². The highest BCUT2D eigenvalue weighted by Crippen LogP contribution is 2.24. The van der Waals surface area contributed by atoms with Crippen molar-refractivity contribution in [1.82, 2.24) is 5.43 Å². The highest BCUT2D eigenvalue weighted by molar-refractivity contribution is 6.30. The monoisotopic (exact) mass is 468 g/mol. The van der Waals surface area contributed by atoms with Crippen molar-refractivity contribution in [3.63, 3.8) is 0 Å². The van der Waals surface area contributed by atoms with Gasteiger partial charge in [-0.2, -0.15) is 5.10 Å². The van der Waals surface area contributed by atoms with Gasteiger partial charge in [0.2, 0.25) is 0 Å². The highest BCUT2D eigenvalue weighted by Gasteiger charge is 2.21. The van der Waals surface area contributed by atoms with Crippen LogP contribution in [0.2, 0.25) is 5.02 Å². The van der Waals surface area contributed by atoms with Crippen LogP contribution in [0, 0.1) is 20.2 Å². The van der Waals surface area contributed by atoms with Gasteiger partial charge in [-0.25, -0.2) is 10.2 Å². The minimum absolute atomic E-state index is 0.0150. The Hall–Kier alpha value is -4.64. The van der Waals surface area contributed by atoms with Gasteiger partial charge in [0.15, 0.2) is 0 Å². The van der Waals surface area contributed by atoms with Gasteiger partial charge < -0.3 is 4.74 Å². The molecule has 0 bridgehead atoms. The molecule has 0 aromatic heterocycles. The van der Waals surface area contributed by atoms with Crippen LogP contribution in [0.15, 0.2) is 71.8 Å². The van der Waals surface area contributed by atoms with Crippen LogP contribution in [-0.2, 0) is 0 Å². The summed E-state index contributed by atoms with van der Waals surface area (Å²) in [5.41, 5.74) is 1.30. The van der Waals surface area contributed by atoms with Crippen LogP contribution in [0.4, 0.5) is 11.4 Å². The summed E-state index contributed by atoms with van der Waals surface area (Å²) in [4.78, 5) is 45.0. The van der Waals surface area contributed by atoms with Gasteiger partial charge in [-0.05, 0) is 36.4 Å². The van der Waals surface area contributed by atoms with E-state index < -0.39 is 33.1 Å². The fraction of sp³-hybridized carbons (Fsp3) is 0. The van der Waals surface area contributed by atoms with E-state index in [4.69, 9.17) is 16.3 Å². The Labute approximate surface area is 190 Å². The maximum absolute atomic E-state index is 12.5. The molecule has 0 heterocycles. The molecule has 0 unspecified atom stereocenters. The summed E-state index contributed by atoms with van der Waals surface area (Å²) in [6, 6.07) is 14.8. The molecular weight excluding hydrogens is 456 g/mol. The van der Waals surface area contributed by atoms with Gasteiger partial charge in [0.1, 0.15) is 5.75 Å². The smallest absolute Gasteiger partial charge is 0.344 e. The number of nitrogens with one attached hydrogen (secondary N) is 1. The molecule has 0 aliphatic rings. The Balaban J connectivity index is 1.78. The van der Waals surface area contributed by atoms with Crippen LogP contribution in [0.3, 0.4) is 0 Å². The molecule has 0 spiro atoms. The Morgan fingerprint density at radius 3 is 2.12 bits per heavy atom. The molecule has 166 valence electrons. The van der Waals surface area contributed by atoms with Crippen LogP contribution < -0.4 is 10.2 Å². The highest BCUT2D eigenvalue weighted by atomic mass is 35.5. The molecule has 1 amide bonds. The molecule has 0 fully saturated rings. The lowest BCUT2D eigenvalue weighted by Crippen LogP contribution is -2.17. The summed E-state index contributed by atoms with van der Waals surface area (Å²) in [5, 5.41) is 26.4. The number of ether oxygens (including phenoxy) is 1. The number of hydrogen-bond acceptors (Lipinski definition) is 8. The first-order valence-electron chi connectivity index (χ1n) is 9.08. The number of nitro benzene ring substituents is 2. The summed E-state index contributed by atoms with van der Waals surface area (Å²) in [7, 11) is 0. The number of para-hydroxylation sites is 1. The van der Waals surface area contributed by atoms with Crippen molar-refractivity contribution < 1.29 is 24.2 Å². The largest absolute Gasteiger partial charge is 0.422 e. The lowest BCUT2D eigenvalue weighted by Gasteiger charge is -2.07. The number of esters is 1. The molecule has 0 saturated heterocycles. The molecule has 3 aromatic rings. The zero-order valence-corrected chi connectivity index (χ0v) is 17.3. The standard InChI is InChI=1S/C21H13ClN4O7/c22-16-7-5-13(6-8-16)20(27)24-23-12-14-3-1-2-4-19(14)33-21(28)15-9-17(25(29)30)11-18(10-15)26(31)32/h1-12H,(H,24,27). The van der Waals surface area contributed by atoms with Crippen LogP contribution >= 0.6 is 11.6 Å². The quantitative estimate of drug-likeness (QED) is 0.179. The molecule has 0 atom stereocenters. The Morgan fingerprint density at radius 1 is 0.909 bits per heavy atom. The summed E-state index contributed by atoms with van der Waals surface area (Å²) < 4.78 is 5.25. The van der Waals surface area contributed by atoms with Gasteiger partial charge in [-0.1, -0.05) is 23.7 Å². The number of hydrazone groups is 1. The minimum Gasteiger partial charge on any atom is -0.422 e. The Kier molecular flexibility index (Phi) is 7.06. The van der Waals surface area contributed by atoms with E-state index in [0.717, 1.165) is 18.2 Å². The van der Waals surface area contributed by atoms with Crippen molar-refractivity contribution in [2.45, 2.75) is 0 Å². The average Bonchev–Trinajstić information content (AvgIpc) is 2.80. The van der Waals surface area contributed by atoms with E-state index in [9.17, 15) is 29.8 Å². The third kappa shape index (κ3) is 5.95. The molecule has 12 heteroatoms. The number of benzene rings is 3. The van der Waals surface area contributed by atoms with E-state index in [2.05, 4.69) is 10.5 Å². The topological polar surface area (TPSA) is 154 Å². The predicted molar refractivity (Wildman–Crippen MR) is 118 cm³/mol. The molecule has 1 N–H and O–H groups in total. The lowest BCUT2D eigenvalue weighted by atomic mass is 10.1. The third-order valence-corrected chi connectivity index (χ3v) is 4.41. The van der Waals surface area contributed by atoms with Gasteiger partial charge in [0, 0.05) is 28.3 Å². The van der Waals surface area contributed by atoms with Crippen molar-refractivity contribution in [2.75, 3.05) is 0 Å². The van der Waals surface area contributed by atoms with Crippen molar-refractivity contribution >= 4 is 41.1 Å². The molecule has 11 nitrogen and oxygen atoms in total. The van der Waals surface area contributed by atoms with E-state index in [1.807, 2.05) is 0 Å². The van der Waals surface area contributed by atoms with E-state index in [-0.39, 0.29) is 11.3 Å². The Bertz CT molecular complexity index is 1240. The number of non-ortho nitro benzene ring substituents is 2. The summed E-state index contributed by atoms with van der Waals surface area (Å²) in [6.07, 6.45) is 1.23. The molecule has 3 aromatic carbocycles. The van der Waals surface area contributed by atoms with Crippen molar-refractivity contribution in [3.8, 4) is 5.75 Å². The fourth-order valence-electron chi connectivity index (χ4n) is 2.59. The second-order valence-electron chi connectivity index (χ2n) is 6.39. The fourth-order valence-corrected chi connectivity index (χ4v) is 2.72. The van der Waals surface area contributed by atoms with Crippen LogP contribution in [-0.4, -0.2) is 27.9 Å². The molecule has 33 heavy (non-hydrogen) atoms. The van der Waals surface area contributed by atoms with Crippen molar-refractivity contribution in [2.24, 2.45) is 5.10 Å². The van der Waals surface area contributed by atoms with Gasteiger partial charge in [-0.3, -0.25) is 25.0 Å². The average molecular weight is 469 g/mol. The molecule has 0 aliphatic carbocycles. The summed E-state index contributed by atoms with van der Waals surface area (Å²) in [5.74, 6) is -1.53. The van der Waals surface area contributed by atoms with Crippen LogP contribution in [0.25, 0.3) is 0 Å². The first-order chi connectivity index (χ1) is 15.7. The number of nitrogens with zero attached hydrogens (tertiary/aromatic N) is 3. The maximum Gasteiger partial charge on any atom is 0.344 e. The molecule has 0 aliphatic heterocycles. The molecule has 0 radical (unpaired) electrons. The van der Waals surface area contributed by atoms with Crippen LogP contribution in [0.1, 0.15) is 26.3 Å². The second kappa shape index (κ2) is 10.1. The second-order valence-corrected chi connectivity index (χ2v) is 6.82. The van der Waals surface area contributed by atoms with Gasteiger partial charge in [-0.15, -0.1) is 0 Å². The SMILES string of the molecule is O=C(NN=Cc1ccccc1OC(=O)c1cc([N+](=O)[O-])cc([N+](=O)[O-])c1)c1ccc(Cl)cc1. The molecule has 0 saturated carbocycles. The van der Waals surface area contributed by atoms with E-state index >= 15 is 0 Å². The number of carbonyl (C=O) groups excluding carboxylic acids is 2. The first kappa shape index (κ1) is 23.0. The van der Waals surface area contributed by atoms with Gasteiger partial charge in [0.05, 0.1) is 27.7 Å². The Morgan fingerprint density at radius 2 is 1.52 bits per heavy atom. The number of hydrogen-bond donors (Lipinski definition) is 1. The number of carbonyl (C=O) groups is 2.